The number of aromatic nitrogens is 1. The number of hydrogen-bond donors (Lipinski definition) is 1. The Hall–Kier alpha value is -4.38. The topological polar surface area (TPSA) is 124 Å². The Morgan fingerprint density at radius 1 is 1.07 bits per heavy atom. The highest BCUT2D eigenvalue weighted by molar-refractivity contribution is 7.18. The van der Waals surface area contributed by atoms with E-state index in [1.54, 1.807) is 43.3 Å². The minimum atomic E-state index is -1.06. The second-order valence-corrected chi connectivity index (χ2v) is 10.5. The zero-order valence-corrected chi connectivity index (χ0v) is 24.0. The monoisotopic (exact) mass is 578 g/mol. The number of amides is 1. The number of aliphatic hydroxyl groups excluding tert-OH is 1. The zero-order chi connectivity index (χ0) is 29.3. The number of aryl methyl sites for hydroxylation is 1. The lowest BCUT2D eigenvalue weighted by molar-refractivity contribution is -0.132. The minimum Gasteiger partial charge on any atom is -0.507 e. The molecule has 5 rings (SSSR count). The molecule has 1 atom stereocenters. The molecule has 0 spiro atoms. The van der Waals surface area contributed by atoms with Crippen LogP contribution in [0.4, 0.5) is 5.13 Å². The number of carbonyl (C=O) groups is 3. The van der Waals surface area contributed by atoms with Crippen LogP contribution in [0.1, 0.15) is 59.7 Å². The number of Topliss-reactive ketones (excluding diaryl/α,β-unsaturated/α-hetero) is 2. The molecular weight excluding hydrogens is 548 g/mol. The molecule has 1 saturated heterocycles. The van der Waals surface area contributed by atoms with Crippen LogP contribution < -0.4 is 23.8 Å². The van der Waals surface area contributed by atoms with Crippen molar-refractivity contribution in [2.45, 2.75) is 40.2 Å². The summed E-state index contributed by atoms with van der Waals surface area (Å²) in [5.74, 6) is -0.448. The van der Waals surface area contributed by atoms with Crippen LogP contribution in [0.15, 0.2) is 42.0 Å². The smallest absolute Gasteiger partial charge is 0.301 e. The van der Waals surface area contributed by atoms with Gasteiger partial charge in [0.05, 0.1) is 35.4 Å². The summed E-state index contributed by atoms with van der Waals surface area (Å²) in [6.45, 7) is 8.50. The Kier molecular flexibility index (Phi) is 7.98. The molecule has 2 aliphatic rings. The lowest BCUT2D eigenvalue weighted by Crippen LogP contribution is -2.29. The molecule has 2 aromatic carbocycles. The van der Waals surface area contributed by atoms with Crippen LogP contribution in [-0.4, -0.2) is 54.0 Å². The standard InChI is InChI=1S/C30H30N2O8S/c1-5-11-38-20-9-7-18(14-22(20)37-6-2)25-24(26(34)19-8-10-21-23(15-19)40-13-12-39-21)27(35)29(36)32(25)30-31-16(3)28(41-30)17(4)33/h7-10,14-15,25,34H,5-6,11-13H2,1-4H3/t25-/m1/s1. The highest BCUT2D eigenvalue weighted by Crippen LogP contribution is 2.46. The van der Waals surface area contributed by atoms with Crippen LogP contribution in [0.25, 0.3) is 5.76 Å². The van der Waals surface area contributed by atoms with Crippen LogP contribution in [0, 0.1) is 6.92 Å². The third-order valence-electron chi connectivity index (χ3n) is 6.62. The first-order valence-corrected chi connectivity index (χ1v) is 14.2. The van der Waals surface area contributed by atoms with E-state index in [0.29, 0.717) is 65.6 Å². The van der Waals surface area contributed by atoms with Crippen molar-refractivity contribution in [2.24, 2.45) is 0 Å². The van der Waals surface area contributed by atoms with E-state index in [2.05, 4.69) is 4.98 Å². The van der Waals surface area contributed by atoms with Crippen molar-refractivity contribution in [2.75, 3.05) is 31.3 Å². The fourth-order valence-corrected chi connectivity index (χ4v) is 5.79. The van der Waals surface area contributed by atoms with Gasteiger partial charge in [-0.05, 0) is 56.2 Å². The Morgan fingerprint density at radius 2 is 1.83 bits per heavy atom. The van der Waals surface area contributed by atoms with Gasteiger partial charge in [0.15, 0.2) is 33.9 Å². The van der Waals surface area contributed by atoms with Crippen molar-refractivity contribution in [1.82, 2.24) is 4.98 Å². The van der Waals surface area contributed by atoms with Crippen LogP contribution in [0.3, 0.4) is 0 Å². The number of thiazole rings is 1. The number of ether oxygens (including phenoxy) is 4. The average molecular weight is 579 g/mol. The molecule has 0 saturated carbocycles. The first-order chi connectivity index (χ1) is 19.7. The number of nitrogens with zero attached hydrogens (tertiary/aromatic N) is 2. The number of rotatable bonds is 9. The maximum absolute atomic E-state index is 13.6. The van der Waals surface area contributed by atoms with Crippen LogP contribution in [0.5, 0.6) is 23.0 Å². The van der Waals surface area contributed by atoms with Gasteiger partial charge in [-0.3, -0.25) is 19.3 Å². The quantitative estimate of drug-likeness (QED) is 0.157. The molecule has 214 valence electrons. The highest BCUT2D eigenvalue weighted by Gasteiger charge is 2.48. The maximum Gasteiger partial charge on any atom is 0.301 e. The first-order valence-electron chi connectivity index (χ1n) is 13.3. The van der Waals surface area contributed by atoms with Gasteiger partial charge in [0.25, 0.3) is 5.78 Å². The molecule has 1 fully saturated rings. The molecule has 3 heterocycles. The lowest BCUT2D eigenvalue weighted by Gasteiger charge is -2.24. The summed E-state index contributed by atoms with van der Waals surface area (Å²) >= 11 is 1.02. The van der Waals surface area contributed by atoms with Gasteiger partial charge in [-0.1, -0.05) is 24.3 Å². The van der Waals surface area contributed by atoms with Crippen LogP contribution in [-0.2, 0) is 9.59 Å². The van der Waals surface area contributed by atoms with E-state index in [9.17, 15) is 19.5 Å². The van der Waals surface area contributed by atoms with E-state index >= 15 is 0 Å². The van der Waals surface area contributed by atoms with E-state index in [1.807, 2.05) is 13.8 Å². The largest absolute Gasteiger partial charge is 0.507 e. The molecule has 2 aliphatic heterocycles. The van der Waals surface area contributed by atoms with E-state index in [0.717, 1.165) is 17.8 Å². The van der Waals surface area contributed by atoms with E-state index < -0.39 is 17.7 Å². The summed E-state index contributed by atoms with van der Waals surface area (Å²) in [6, 6.07) is 8.89. The molecule has 0 unspecified atom stereocenters. The zero-order valence-electron chi connectivity index (χ0n) is 23.2. The van der Waals surface area contributed by atoms with Crippen LogP contribution in [0.2, 0.25) is 0 Å². The van der Waals surface area contributed by atoms with E-state index in [1.165, 1.54) is 11.8 Å². The molecule has 0 radical (unpaired) electrons. The van der Waals surface area contributed by atoms with Crippen molar-refractivity contribution >= 4 is 39.7 Å². The number of aliphatic hydroxyl groups is 1. The van der Waals surface area contributed by atoms with Gasteiger partial charge < -0.3 is 24.1 Å². The number of benzene rings is 2. The third-order valence-corrected chi connectivity index (χ3v) is 7.87. The van der Waals surface area contributed by atoms with Crippen LogP contribution >= 0.6 is 11.3 Å². The van der Waals surface area contributed by atoms with Crippen molar-refractivity contribution in [3.8, 4) is 23.0 Å². The molecule has 0 bridgehead atoms. The molecule has 1 aromatic heterocycles. The molecule has 3 aromatic rings. The molecule has 1 amide bonds. The molecule has 11 heteroatoms. The van der Waals surface area contributed by atoms with Crippen molar-refractivity contribution in [3.63, 3.8) is 0 Å². The molecule has 1 N–H and O–H groups in total. The van der Waals surface area contributed by atoms with Crippen molar-refractivity contribution in [1.29, 1.82) is 0 Å². The summed E-state index contributed by atoms with van der Waals surface area (Å²) in [4.78, 5) is 45.5. The van der Waals surface area contributed by atoms with Gasteiger partial charge in [-0.2, -0.15) is 0 Å². The maximum atomic E-state index is 13.6. The predicted molar refractivity (Wildman–Crippen MR) is 152 cm³/mol. The summed E-state index contributed by atoms with van der Waals surface area (Å²) in [6.07, 6.45) is 0.797. The average Bonchev–Trinajstić information content (AvgIpc) is 3.48. The summed E-state index contributed by atoms with van der Waals surface area (Å²) in [7, 11) is 0. The number of fused-ring (bicyclic) bond motifs is 1. The number of ketones is 2. The molecule has 41 heavy (non-hydrogen) atoms. The van der Waals surface area contributed by atoms with Crippen molar-refractivity contribution < 1.29 is 38.4 Å². The Morgan fingerprint density at radius 3 is 2.51 bits per heavy atom. The lowest BCUT2D eigenvalue weighted by atomic mass is 9.95. The van der Waals surface area contributed by atoms with Gasteiger partial charge in [0.1, 0.15) is 19.0 Å². The minimum absolute atomic E-state index is 0.131. The third kappa shape index (κ3) is 5.24. The number of anilines is 1. The Balaban J connectivity index is 1.70. The Bertz CT molecular complexity index is 1560. The van der Waals surface area contributed by atoms with Gasteiger partial charge >= 0.3 is 5.91 Å². The second-order valence-electron chi connectivity index (χ2n) is 9.48. The fourth-order valence-electron chi connectivity index (χ4n) is 4.80. The SMILES string of the molecule is CCCOc1ccc([C@@H]2C(=C(O)c3ccc4c(c3)OCCO4)C(=O)C(=O)N2c2nc(C)c(C(C)=O)s2)cc1OCC. The summed E-state index contributed by atoms with van der Waals surface area (Å²) in [5.41, 5.74) is 1.09. The fraction of sp³-hybridized carbons (Fsp3) is 0.333. The molecule has 0 aliphatic carbocycles. The number of carbonyl (C=O) groups excluding carboxylic acids is 3. The van der Waals surface area contributed by atoms with Gasteiger partial charge in [-0.15, -0.1) is 0 Å². The second kappa shape index (κ2) is 11.6. The van der Waals surface area contributed by atoms with E-state index in [4.69, 9.17) is 18.9 Å². The summed E-state index contributed by atoms with van der Waals surface area (Å²) < 4.78 is 22.9. The molecule has 10 nitrogen and oxygen atoms in total. The normalized spacial score (nSPS) is 17.6. The molecular formula is C30H30N2O8S. The van der Waals surface area contributed by atoms with E-state index in [-0.39, 0.29) is 27.8 Å². The summed E-state index contributed by atoms with van der Waals surface area (Å²) in [5, 5.41) is 11.7. The Labute approximate surface area is 241 Å². The highest BCUT2D eigenvalue weighted by atomic mass is 32.1. The number of hydrogen-bond acceptors (Lipinski definition) is 10. The van der Waals surface area contributed by atoms with Gasteiger partial charge in [-0.25, -0.2) is 4.98 Å². The predicted octanol–water partition coefficient (Wildman–Crippen LogP) is 5.24. The first kappa shape index (κ1) is 28.2. The van der Waals surface area contributed by atoms with Crippen molar-refractivity contribution in [3.05, 3.63) is 63.7 Å². The van der Waals surface area contributed by atoms with Gasteiger partial charge in [0, 0.05) is 12.5 Å². The van der Waals surface area contributed by atoms with Gasteiger partial charge in [0.2, 0.25) is 0 Å².